The summed E-state index contributed by atoms with van der Waals surface area (Å²) >= 11 is 1.99. The molecule has 96 valence electrons. The summed E-state index contributed by atoms with van der Waals surface area (Å²) in [5.41, 5.74) is 5.89. The van der Waals surface area contributed by atoms with Gasteiger partial charge in [-0.05, 0) is 17.9 Å². The molecule has 2 N–H and O–H groups in total. The highest BCUT2D eigenvalue weighted by Gasteiger charge is 2.23. The van der Waals surface area contributed by atoms with Gasteiger partial charge in [0.1, 0.15) is 12.2 Å². The molecule has 0 spiro atoms. The van der Waals surface area contributed by atoms with Gasteiger partial charge in [0.05, 0.1) is 6.54 Å². The lowest BCUT2D eigenvalue weighted by Crippen LogP contribution is -2.45. The van der Waals surface area contributed by atoms with Crippen LogP contribution in [0.25, 0.3) is 0 Å². The van der Waals surface area contributed by atoms with Crippen molar-refractivity contribution < 1.29 is 0 Å². The molecule has 0 bridgehead atoms. The van der Waals surface area contributed by atoms with Gasteiger partial charge in [0, 0.05) is 25.7 Å². The minimum Gasteiger partial charge on any atom is -0.329 e. The van der Waals surface area contributed by atoms with Crippen LogP contribution in [0.4, 0.5) is 0 Å². The van der Waals surface area contributed by atoms with E-state index in [4.69, 9.17) is 5.73 Å². The number of nitrogens with zero attached hydrogens (tertiary/aromatic N) is 4. The fourth-order valence-electron chi connectivity index (χ4n) is 2.21. The van der Waals surface area contributed by atoms with E-state index in [0.29, 0.717) is 6.04 Å². The van der Waals surface area contributed by atoms with Gasteiger partial charge in [-0.15, -0.1) is 10.2 Å². The first-order valence-electron chi connectivity index (χ1n) is 6.23. The summed E-state index contributed by atoms with van der Waals surface area (Å²) in [5.74, 6) is 3.45. The molecule has 1 atom stereocenters. The van der Waals surface area contributed by atoms with E-state index < -0.39 is 0 Å². The maximum absolute atomic E-state index is 5.89. The molecule has 0 fully saturated rings. The lowest BCUT2D eigenvalue weighted by Gasteiger charge is -2.33. The quantitative estimate of drug-likeness (QED) is 0.753. The molecule has 1 aromatic heterocycles. The van der Waals surface area contributed by atoms with E-state index in [0.717, 1.165) is 32.0 Å². The van der Waals surface area contributed by atoms with Crippen molar-refractivity contribution in [1.29, 1.82) is 0 Å². The Labute approximate surface area is 107 Å². The molecule has 1 unspecified atom stereocenters. The molecule has 0 saturated heterocycles. The van der Waals surface area contributed by atoms with Crippen LogP contribution in [0.15, 0.2) is 6.33 Å². The van der Waals surface area contributed by atoms with E-state index >= 15 is 0 Å². The van der Waals surface area contributed by atoms with Crippen LogP contribution in [-0.4, -0.2) is 50.3 Å². The molecule has 5 nitrogen and oxygen atoms in total. The molecule has 0 radical (unpaired) electrons. The van der Waals surface area contributed by atoms with Crippen LogP contribution >= 0.6 is 11.8 Å². The van der Waals surface area contributed by atoms with Gasteiger partial charge < -0.3 is 10.3 Å². The van der Waals surface area contributed by atoms with Crippen LogP contribution in [0, 0.1) is 0 Å². The zero-order valence-electron chi connectivity index (χ0n) is 10.4. The second-order valence-electron chi connectivity index (χ2n) is 4.29. The maximum Gasteiger partial charge on any atom is 0.147 e. The number of hydrogen-bond donors (Lipinski definition) is 1. The predicted octanol–water partition coefficient (Wildman–Crippen LogP) is 0.564. The van der Waals surface area contributed by atoms with Crippen LogP contribution in [0.1, 0.15) is 19.2 Å². The van der Waals surface area contributed by atoms with E-state index in [1.165, 1.54) is 17.9 Å². The Hall–Kier alpha value is -0.590. The zero-order valence-corrected chi connectivity index (χ0v) is 11.2. The van der Waals surface area contributed by atoms with E-state index in [1.807, 2.05) is 18.1 Å². The molecule has 1 aromatic rings. The van der Waals surface area contributed by atoms with Crippen molar-refractivity contribution in [2.24, 2.45) is 5.73 Å². The Bertz CT molecular complexity index is 340. The number of aromatic nitrogens is 3. The molecule has 0 amide bonds. The standard InChI is InChI=1S/C11H21N5S/c1-2-17-6-3-10(7-12)15-4-5-16-9-13-14-11(16)8-15/h9-10H,2-8,12H2,1H3. The van der Waals surface area contributed by atoms with Crippen LogP contribution in [0.5, 0.6) is 0 Å². The first kappa shape index (κ1) is 12.9. The highest BCUT2D eigenvalue weighted by Crippen LogP contribution is 2.15. The summed E-state index contributed by atoms with van der Waals surface area (Å²) in [7, 11) is 0. The van der Waals surface area contributed by atoms with Crippen molar-refractivity contribution in [1.82, 2.24) is 19.7 Å². The van der Waals surface area contributed by atoms with Crippen molar-refractivity contribution in [3.8, 4) is 0 Å². The average molecular weight is 255 g/mol. The van der Waals surface area contributed by atoms with Gasteiger partial charge in [-0.1, -0.05) is 6.92 Å². The van der Waals surface area contributed by atoms with Crippen LogP contribution in [0.2, 0.25) is 0 Å². The molecule has 0 aliphatic carbocycles. The molecule has 2 rings (SSSR count). The van der Waals surface area contributed by atoms with Crippen LogP contribution in [-0.2, 0) is 13.1 Å². The summed E-state index contributed by atoms with van der Waals surface area (Å²) < 4.78 is 2.13. The van der Waals surface area contributed by atoms with Crippen LogP contribution < -0.4 is 5.73 Å². The second-order valence-corrected chi connectivity index (χ2v) is 5.68. The highest BCUT2D eigenvalue weighted by molar-refractivity contribution is 7.99. The first-order chi connectivity index (χ1) is 8.35. The van der Waals surface area contributed by atoms with Gasteiger partial charge >= 0.3 is 0 Å². The third-order valence-corrected chi connectivity index (χ3v) is 4.19. The Morgan fingerprint density at radius 1 is 1.53 bits per heavy atom. The van der Waals surface area contributed by atoms with Gasteiger partial charge in [0.2, 0.25) is 0 Å². The zero-order chi connectivity index (χ0) is 12.1. The van der Waals surface area contributed by atoms with E-state index in [1.54, 1.807) is 0 Å². The monoisotopic (exact) mass is 255 g/mol. The smallest absolute Gasteiger partial charge is 0.147 e. The van der Waals surface area contributed by atoms with Crippen LogP contribution in [0.3, 0.4) is 0 Å². The molecule has 1 aliphatic heterocycles. The molecule has 0 saturated carbocycles. The molecular weight excluding hydrogens is 234 g/mol. The summed E-state index contributed by atoms with van der Waals surface area (Å²) in [5, 5.41) is 8.10. The minimum atomic E-state index is 0.486. The van der Waals surface area contributed by atoms with Crippen molar-refractivity contribution in [3.05, 3.63) is 12.2 Å². The SMILES string of the molecule is CCSCCC(CN)N1CCn2cnnc2C1. The van der Waals surface area contributed by atoms with Gasteiger partial charge in [0.25, 0.3) is 0 Å². The summed E-state index contributed by atoms with van der Waals surface area (Å²) in [6, 6.07) is 0.486. The number of nitrogens with two attached hydrogens (primary N) is 1. The van der Waals surface area contributed by atoms with Crippen molar-refractivity contribution >= 4 is 11.8 Å². The molecule has 2 heterocycles. The van der Waals surface area contributed by atoms with Gasteiger partial charge in [-0.2, -0.15) is 11.8 Å². The summed E-state index contributed by atoms with van der Waals surface area (Å²) in [6.45, 7) is 5.87. The lowest BCUT2D eigenvalue weighted by molar-refractivity contribution is 0.153. The van der Waals surface area contributed by atoms with Crippen molar-refractivity contribution in [3.63, 3.8) is 0 Å². The number of fused-ring (bicyclic) bond motifs is 1. The second kappa shape index (κ2) is 6.37. The van der Waals surface area contributed by atoms with E-state index in [-0.39, 0.29) is 0 Å². The maximum atomic E-state index is 5.89. The van der Waals surface area contributed by atoms with Gasteiger partial charge in [0.15, 0.2) is 0 Å². The molecular formula is C11H21N5S. The van der Waals surface area contributed by atoms with Gasteiger partial charge in [-0.25, -0.2) is 0 Å². The third kappa shape index (κ3) is 3.20. The molecule has 6 heteroatoms. The van der Waals surface area contributed by atoms with Gasteiger partial charge in [-0.3, -0.25) is 4.90 Å². The Morgan fingerprint density at radius 2 is 2.41 bits per heavy atom. The van der Waals surface area contributed by atoms with E-state index in [2.05, 4.69) is 26.6 Å². The molecule has 1 aliphatic rings. The summed E-state index contributed by atoms with van der Waals surface area (Å²) in [6.07, 6.45) is 2.99. The summed E-state index contributed by atoms with van der Waals surface area (Å²) in [4.78, 5) is 2.44. The fraction of sp³-hybridized carbons (Fsp3) is 0.818. The number of rotatable bonds is 6. The Morgan fingerprint density at radius 3 is 3.18 bits per heavy atom. The average Bonchev–Trinajstić information content (AvgIpc) is 2.82. The topological polar surface area (TPSA) is 60.0 Å². The Kier molecular flexibility index (Phi) is 4.82. The largest absolute Gasteiger partial charge is 0.329 e. The molecule has 0 aromatic carbocycles. The first-order valence-corrected chi connectivity index (χ1v) is 7.39. The fourth-order valence-corrected chi connectivity index (χ4v) is 2.94. The number of thioether (sulfide) groups is 1. The predicted molar refractivity (Wildman–Crippen MR) is 70.9 cm³/mol. The third-order valence-electron chi connectivity index (χ3n) is 3.26. The Balaban J connectivity index is 1.88. The minimum absolute atomic E-state index is 0.486. The normalized spacial score (nSPS) is 18.0. The van der Waals surface area contributed by atoms with Crippen molar-refractivity contribution in [2.75, 3.05) is 24.6 Å². The number of hydrogen-bond acceptors (Lipinski definition) is 5. The molecule has 17 heavy (non-hydrogen) atoms. The highest BCUT2D eigenvalue weighted by atomic mass is 32.2. The lowest BCUT2D eigenvalue weighted by atomic mass is 10.1. The van der Waals surface area contributed by atoms with E-state index in [9.17, 15) is 0 Å². The van der Waals surface area contributed by atoms with Crippen molar-refractivity contribution in [2.45, 2.75) is 32.5 Å².